The number of epoxide rings is 1. The molecule has 1 atom stereocenters. The van der Waals surface area contributed by atoms with Gasteiger partial charge < -0.3 is 19.7 Å². The van der Waals surface area contributed by atoms with Gasteiger partial charge in [-0.25, -0.2) is 4.79 Å². The van der Waals surface area contributed by atoms with E-state index in [0.717, 1.165) is 24.8 Å². The van der Waals surface area contributed by atoms with Crippen molar-refractivity contribution < 1.29 is 24.5 Å². The summed E-state index contributed by atoms with van der Waals surface area (Å²) in [5.74, 6) is 0.163. The van der Waals surface area contributed by atoms with Crippen molar-refractivity contribution >= 4 is 5.97 Å². The van der Waals surface area contributed by atoms with E-state index < -0.39 is 0 Å². The smallest absolute Gasteiger partial charge is 0.333 e. The van der Waals surface area contributed by atoms with Gasteiger partial charge in [-0.3, -0.25) is 0 Å². The topological polar surface area (TPSA) is 79.3 Å². The molecule has 122 valence electrons. The van der Waals surface area contributed by atoms with E-state index in [-0.39, 0.29) is 23.6 Å². The van der Waals surface area contributed by atoms with Crippen LogP contribution in [0, 0.1) is 0 Å². The second-order valence-corrected chi connectivity index (χ2v) is 5.25. The standard InChI is InChI=1S/C10H14O2.C7H10O3/c1-2-3-4-8-7-9(11)5-6-10(8)12;1-5(2)7(8)10-4-6-3-9-6/h5-7,11-12H,2-4H2,1H3;6H,1,3-4H2,2H3. The van der Waals surface area contributed by atoms with Crippen LogP contribution in [0.3, 0.4) is 0 Å². The number of hydrogen-bond donors (Lipinski definition) is 2. The number of aryl methyl sites for hydroxylation is 1. The summed E-state index contributed by atoms with van der Waals surface area (Å²) < 4.78 is 9.60. The zero-order chi connectivity index (χ0) is 16.5. The molecule has 1 saturated heterocycles. The van der Waals surface area contributed by atoms with Crippen LogP contribution in [0.2, 0.25) is 0 Å². The molecule has 1 aliphatic rings. The molecule has 0 aliphatic carbocycles. The molecular weight excluding hydrogens is 284 g/mol. The van der Waals surface area contributed by atoms with Crippen LogP contribution in [0.4, 0.5) is 0 Å². The molecule has 5 nitrogen and oxygen atoms in total. The average Bonchev–Trinajstić information content (AvgIpc) is 3.30. The van der Waals surface area contributed by atoms with Crippen LogP contribution >= 0.6 is 0 Å². The van der Waals surface area contributed by atoms with Gasteiger partial charge >= 0.3 is 5.97 Å². The largest absolute Gasteiger partial charge is 0.508 e. The zero-order valence-electron chi connectivity index (χ0n) is 13.2. The van der Waals surface area contributed by atoms with E-state index in [1.807, 2.05) is 0 Å². The summed E-state index contributed by atoms with van der Waals surface area (Å²) in [5, 5.41) is 18.5. The quantitative estimate of drug-likeness (QED) is 0.365. The summed E-state index contributed by atoms with van der Waals surface area (Å²) in [7, 11) is 0. The number of unbranched alkanes of at least 4 members (excludes halogenated alkanes) is 1. The fourth-order valence-electron chi connectivity index (χ4n) is 1.60. The predicted molar refractivity (Wildman–Crippen MR) is 83.9 cm³/mol. The number of benzene rings is 1. The maximum absolute atomic E-state index is 10.7. The number of ether oxygens (including phenoxy) is 2. The molecule has 1 fully saturated rings. The van der Waals surface area contributed by atoms with Crippen LogP contribution in [-0.4, -0.2) is 35.5 Å². The van der Waals surface area contributed by atoms with Crippen molar-refractivity contribution in [1.82, 2.24) is 0 Å². The van der Waals surface area contributed by atoms with Gasteiger partial charge in [0.05, 0.1) is 6.61 Å². The maximum atomic E-state index is 10.7. The van der Waals surface area contributed by atoms with Crippen LogP contribution in [-0.2, 0) is 20.7 Å². The van der Waals surface area contributed by atoms with Crippen LogP contribution in [0.5, 0.6) is 11.5 Å². The van der Waals surface area contributed by atoms with Gasteiger partial charge in [-0.2, -0.15) is 0 Å². The Morgan fingerprint density at radius 1 is 1.45 bits per heavy atom. The van der Waals surface area contributed by atoms with Crippen LogP contribution in [0.1, 0.15) is 32.3 Å². The zero-order valence-corrected chi connectivity index (χ0v) is 13.2. The van der Waals surface area contributed by atoms with E-state index in [1.165, 1.54) is 12.1 Å². The molecule has 0 radical (unpaired) electrons. The summed E-state index contributed by atoms with van der Waals surface area (Å²) >= 11 is 0. The number of phenolic OH excluding ortho intramolecular Hbond substituents is 2. The summed E-state index contributed by atoms with van der Waals surface area (Å²) in [5.41, 5.74) is 1.26. The Hall–Kier alpha value is -2.01. The molecular formula is C17H24O5. The van der Waals surface area contributed by atoms with Crippen molar-refractivity contribution in [3.05, 3.63) is 35.9 Å². The first kappa shape index (κ1) is 18.0. The Balaban J connectivity index is 0.000000224. The number of rotatable bonds is 6. The third-order valence-corrected chi connectivity index (χ3v) is 3.01. The minimum Gasteiger partial charge on any atom is -0.508 e. The van der Waals surface area contributed by atoms with Crippen molar-refractivity contribution in [3.8, 4) is 11.5 Å². The van der Waals surface area contributed by atoms with Crippen molar-refractivity contribution in [2.45, 2.75) is 39.2 Å². The first-order chi connectivity index (χ1) is 10.4. The number of carbonyl (C=O) groups excluding carboxylic acids is 1. The lowest BCUT2D eigenvalue weighted by atomic mass is 10.1. The fourth-order valence-corrected chi connectivity index (χ4v) is 1.60. The first-order valence-corrected chi connectivity index (χ1v) is 7.39. The number of carbonyl (C=O) groups is 1. The van der Waals surface area contributed by atoms with Gasteiger partial charge in [0.15, 0.2) is 0 Å². The molecule has 22 heavy (non-hydrogen) atoms. The number of esters is 1. The van der Waals surface area contributed by atoms with E-state index in [0.29, 0.717) is 18.8 Å². The van der Waals surface area contributed by atoms with E-state index in [2.05, 4.69) is 13.5 Å². The van der Waals surface area contributed by atoms with Gasteiger partial charge in [-0.05, 0) is 43.5 Å². The average molecular weight is 308 g/mol. The highest BCUT2D eigenvalue weighted by molar-refractivity contribution is 5.86. The Morgan fingerprint density at radius 2 is 2.14 bits per heavy atom. The maximum Gasteiger partial charge on any atom is 0.333 e. The Bertz CT molecular complexity index is 506. The number of hydrogen-bond acceptors (Lipinski definition) is 5. The summed E-state index contributed by atoms with van der Waals surface area (Å²) in [6.45, 7) is 8.23. The van der Waals surface area contributed by atoms with E-state index in [9.17, 15) is 9.90 Å². The predicted octanol–water partition coefficient (Wildman–Crippen LogP) is 2.94. The van der Waals surface area contributed by atoms with Gasteiger partial charge in [-0.15, -0.1) is 0 Å². The normalized spacial score (nSPS) is 15.5. The minimum absolute atomic E-state index is 0.142. The first-order valence-electron chi connectivity index (χ1n) is 7.39. The lowest BCUT2D eigenvalue weighted by Crippen LogP contribution is -2.09. The molecule has 1 aromatic carbocycles. The SMILES string of the molecule is C=C(C)C(=O)OCC1CO1.CCCCc1cc(O)ccc1O. The van der Waals surface area contributed by atoms with Crippen molar-refractivity contribution in [3.63, 3.8) is 0 Å². The van der Waals surface area contributed by atoms with E-state index >= 15 is 0 Å². The fraction of sp³-hybridized carbons (Fsp3) is 0.471. The highest BCUT2D eigenvalue weighted by Crippen LogP contribution is 2.23. The molecule has 1 aliphatic heterocycles. The van der Waals surface area contributed by atoms with Gasteiger partial charge in [0.25, 0.3) is 0 Å². The number of phenols is 2. The molecule has 0 saturated carbocycles. The van der Waals surface area contributed by atoms with Crippen molar-refractivity contribution in [2.24, 2.45) is 0 Å². The van der Waals surface area contributed by atoms with Gasteiger partial charge in [0, 0.05) is 5.57 Å². The highest BCUT2D eigenvalue weighted by atomic mass is 16.6. The minimum atomic E-state index is -0.337. The van der Waals surface area contributed by atoms with Crippen LogP contribution < -0.4 is 0 Å². The third kappa shape index (κ3) is 7.13. The molecule has 0 amide bonds. The van der Waals surface area contributed by atoms with Gasteiger partial charge in [0.1, 0.15) is 24.2 Å². The monoisotopic (exact) mass is 308 g/mol. The Morgan fingerprint density at radius 3 is 2.68 bits per heavy atom. The molecule has 5 heteroatoms. The van der Waals surface area contributed by atoms with Gasteiger partial charge in [0.2, 0.25) is 0 Å². The number of aromatic hydroxyl groups is 2. The van der Waals surface area contributed by atoms with Crippen molar-refractivity contribution in [1.29, 1.82) is 0 Å². The second kappa shape index (κ2) is 9.10. The second-order valence-electron chi connectivity index (χ2n) is 5.25. The van der Waals surface area contributed by atoms with Gasteiger partial charge in [-0.1, -0.05) is 19.9 Å². The molecule has 1 heterocycles. The van der Waals surface area contributed by atoms with E-state index in [1.54, 1.807) is 13.0 Å². The van der Waals surface area contributed by atoms with Crippen LogP contribution in [0.25, 0.3) is 0 Å². The molecule has 0 bridgehead atoms. The molecule has 1 unspecified atom stereocenters. The third-order valence-electron chi connectivity index (χ3n) is 3.01. The van der Waals surface area contributed by atoms with E-state index in [4.69, 9.17) is 14.6 Å². The molecule has 1 aromatic rings. The molecule has 2 rings (SSSR count). The summed E-state index contributed by atoms with van der Waals surface area (Å²) in [6.07, 6.45) is 3.10. The summed E-state index contributed by atoms with van der Waals surface area (Å²) in [4.78, 5) is 10.7. The molecule has 0 spiro atoms. The van der Waals surface area contributed by atoms with Crippen LogP contribution in [0.15, 0.2) is 30.4 Å². The lowest BCUT2D eigenvalue weighted by molar-refractivity contribution is -0.139. The van der Waals surface area contributed by atoms with Crippen molar-refractivity contribution in [2.75, 3.05) is 13.2 Å². The summed E-state index contributed by atoms with van der Waals surface area (Å²) in [6, 6.07) is 4.64. The lowest BCUT2D eigenvalue weighted by Gasteiger charge is -2.03. The molecule has 0 aromatic heterocycles. The Kier molecular flexibility index (Phi) is 7.46. The molecule has 2 N–H and O–H groups in total. The highest BCUT2D eigenvalue weighted by Gasteiger charge is 2.24. The Labute approximate surface area is 131 Å².